The van der Waals surface area contributed by atoms with Crippen LogP contribution in [0.1, 0.15) is 39.0 Å². The van der Waals surface area contributed by atoms with E-state index in [4.69, 9.17) is 5.11 Å². The number of carboxylic acid groups (broad SMARTS) is 1. The second kappa shape index (κ2) is 15.6. The molecule has 2 aromatic carbocycles. The third-order valence-corrected chi connectivity index (χ3v) is 4.42. The van der Waals surface area contributed by atoms with E-state index < -0.39 is 5.97 Å². The van der Waals surface area contributed by atoms with Crippen molar-refractivity contribution in [3.8, 4) is 11.1 Å². The minimum Gasteiger partial charge on any atom is -0.477 e. The van der Waals surface area contributed by atoms with E-state index in [1.807, 2.05) is 49.4 Å². The molecule has 0 atom stereocenters. The Morgan fingerprint density at radius 2 is 1.65 bits per heavy atom. The predicted molar refractivity (Wildman–Crippen MR) is 124 cm³/mol. The van der Waals surface area contributed by atoms with Crippen LogP contribution in [0.4, 0.5) is 5.69 Å². The maximum Gasteiger partial charge on any atom is 0.341 e. The van der Waals surface area contributed by atoms with Gasteiger partial charge in [0.15, 0.2) is 0 Å². The molecule has 7 nitrogen and oxygen atoms in total. The van der Waals surface area contributed by atoms with Crippen LogP contribution in [0.3, 0.4) is 0 Å². The van der Waals surface area contributed by atoms with Crippen LogP contribution >= 0.6 is 0 Å². The average Bonchev–Trinajstić information content (AvgIpc) is 2.77. The fraction of sp³-hybridized carbons (Fsp3) is 0.304. The molecule has 0 bridgehead atoms. The smallest absolute Gasteiger partial charge is 0.341 e. The summed E-state index contributed by atoms with van der Waals surface area (Å²) in [5.74, 6) is -1.08. The average molecular weight is 445 g/mol. The number of nitrogens with one attached hydrogen (secondary N) is 2. The Morgan fingerprint density at radius 3 is 2.26 bits per heavy atom. The van der Waals surface area contributed by atoms with Gasteiger partial charge < -0.3 is 15.7 Å². The number of hydrogen-bond acceptors (Lipinski definition) is 4. The summed E-state index contributed by atoms with van der Waals surface area (Å²) < 4.78 is 9.22. The number of carboxylic acids is 1. The van der Waals surface area contributed by atoms with Crippen LogP contribution in [0, 0.1) is 0 Å². The highest BCUT2D eigenvalue weighted by Crippen LogP contribution is 2.22. The van der Waals surface area contributed by atoms with Crippen LogP contribution in [-0.2, 0) is 25.6 Å². The number of unbranched alkanes of at least 4 members (excludes halogenated alkanes) is 2. The molecule has 0 saturated heterocycles. The zero-order valence-corrected chi connectivity index (χ0v) is 18.3. The second-order valence-electron chi connectivity index (χ2n) is 6.56. The molecule has 0 aliphatic carbocycles. The minimum absolute atomic E-state index is 0.0304. The Balaban J connectivity index is 0.000000703. The van der Waals surface area contributed by atoms with E-state index in [9.17, 15) is 18.6 Å². The highest BCUT2D eigenvalue weighted by atomic mass is 32.1. The first kappa shape index (κ1) is 25.8. The molecule has 0 unspecified atom stereocenters. The van der Waals surface area contributed by atoms with Crippen molar-refractivity contribution in [2.24, 2.45) is 0 Å². The van der Waals surface area contributed by atoms with E-state index in [1.165, 1.54) is 0 Å². The van der Waals surface area contributed by atoms with Gasteiger partial charge in [0.2, 0.25) is 11.8 Å². The fourth-order valence-electron chi connectivity index (χ4n) is 2.61. The third kappa shape index (κ3) is 12.1. The second-order valence-corrected chi connectivity index (χ2v) is 6.99. The molecular formula is C23H28N2O5S. The standard InChI is InChI=1S/C21H26N2O2.C2H2O3S/c1-2-20(24)22-15-8-4-7-14-21(25)23-19-13-9-12-18(16-19)17-10-5-3-6-11-17;3-2(4)1-6-5/h3,5-6,9-13,16H,2,4,7-8,14-15H2,1H3,(H,22,24)(H,23,25);1H,(H,3,4). The molecule has 2 rings (SSSR count). The Hall–Kier alpha value is -3.26. The molecular weight excluding hydrogens is 416 g/mol. The SMILES string of the molecule is CCC(=O)NCCCCCC(=O)Nc1cccc(-c2ccccc2)c1.O=S=CC(=O)O. The van der Waals surface area contributed by atoms with Crippen LogP contribution < -0.4 is 10.6 Å². The van der Waals surface area contributed by atoms with E-state index in [-0.39, 0.29) is 23.1 Å². The van der Waals surface area contributed by atoms with Crippen molar-refractivity contribution >= 4 is 40.1 Å². The topological polar surface area (TPSA) is 113 Å². The van der Waals surface area contributed by atoms with E-state index in [0.29, 0.717) is 24.8 Å². The maximum absolute atomic E-state index is 12.1. The number of benzene rings is 2. The summed E-state index contributed by atoms with van der Waals surface area (Å²) in [6.45, 7) is 2.53. The van der Waals surface area contributed by atoms with Crippen molar-refractivity contribution in [3.63, 3.8) is 0 Å². The molecule has 0 aromatic heterocycles. The van der Waals surface area contributed by atoms with Gasteiger partial charge in [-0.15, -0.1) is 0 Å². The lowest BCUT2D eigenvalue weighted by molar-refractivity contribution is -0.128. The number of carbonyl (C=O) groups excluding carboxylic acids is 2. The Labute approximate surface area is 185 Å². The van der Waals surface area contributed by atoms with Gasteiger partial charge >= 0.3 is 5.97 Å². The number of aliphatic carboxylic acids is 1. The quantitative estimate of drug-likeness (QED) is 0.384. The lowest BCUT2D eigenvalue weighted by Gasteiger charge is -2.08. The van der Waals surface area contributed by atoms with Gasteiger partial charge in [0.25, 0.3) is 0 Å². The Morgan fingerprint density at radius 1 is 0.935 bits per heavy atom. The van der Waals surface area contributed by atoms with Crippen LogP contribution in [0.25, 0.3) is 11.1 Å². The van der Waals surface area contributed by atoms with Gasteiger partial charge in [-0.1, -0.05) is 55.8 Å². The molecule has 0 radical (unpaired) electrons. The molecule has 2 amide bonds. The van der Waals surface area contributed by atoms with Crippen LogP contribution in [0.15, 0.2) is 54.6 Å². The number of carbonyl (C=O) groups is 3. The summed E-state index contributed by atoms with van der Waals surface area (Å²) in [6, 6.07) is 18.0. The summed E-state index contributed by atoms with van der Waals surface area (Å²) in [6.07, 6.45) is 3.68. The zero-order chi connectivity index (χ0) is 22.9. The summed E-state index contributed by atoms with van der Waals surface area (Å²) in [5.41, 5.74) is 3.04. The Kier molecular flexibility index (Phi) is 12.9. The summed E-state index contributed by atoms with van der Waals surface area (Å²) in [7, 11) is 0. The van der Waals surface area contributed by atoms with Gasteiger partial charge in [-0.25, -0.2) is 9.00 Å². The highest BCUT2D eigenvalue weighted by Gasteiger charge is 2.04. The lowest BCUT2D eigenvalue weighted by Crippen LogP contribution is -2.23. The zero-order valence-electron chi connectivity index (χ0n) is 17.5. The molecule has 0 aliphatic heterocycles. The summed E-state index contributed by atoms with van der Waals surface area (Å²) in [4.78, 5) is 32.5. The summed E-state index contributed by atoms with van der Waals surface area (Å²) >= 11 is -0.0648. The molecule has 2 aromatic rings. The largest absolute Gasteiger partial charge is 0.477 e. The van der Waals surface area contributed by atoms with Gasteiger partial charge in [-0.2, -0.15) is 0 Å². The number of rotatable bonds is 10. The molecule has 0 fully saturated rings. The van der Waals surface area contributed by atoms with Crippen molar-refractivity contribution < 1.29 is 23.7 Å². The fourth-order valence-corrected chi connectivity index (χ4v) is 2.69. The first-order valence-electron chi connectivity index (χ1n) is 10.0. The summed E-state index contributed by atoms with van der Waals surface area (Å²) in [5, 5.41) is 14.0. The first-order valence-corrected chi connectivity index (χ1v) is 10.8. The van der Waals surface area contributed by atoms with Crippen LogP contribution in [-0.4, -0.2) is 39.0 Å². The highest BCUT2D eigenvalue weighted by molar-refractivity contribution is 7.66. The number of amides is 2. The molecule has 0 heterocycles. The molecule has 3 N–H and O–H groups in total. The van der Waals surface area contributed by atoms with Gasteiger partial charge in [0.05, 0.1) is 11.3 Å². The van der Waals surface area contributed by atoms with E-state index in [2.05, 4.69) is 22.8 Å². The van der Waals surface area contributed by atoms with Gasteiger partial charge in [0.1, 0.15) is 5.37 Å². The number of anilines is 1. The minimum atomic E-state index is -1.19. The van der Waals surface area contributed by atoms with Crippen molar-refractivity contribution in [1.82, 2.24) is 5.32 Å². The predicted octanol–water partition coefficient (Wildman–Crippen LogP) is 3.46. The number of hydrogen-bond donors (Lipinski definition) is 3. The monoisotopic (exact) mass is 444 g/mol. The molecule has 0 spiro atoms. The normalized spacial score (nSPS) is 9.58. The van der Waals surface area contributed by atoms with Crippen molar-refractivity contribution in [1.29, 1.82) is 0 Å². The van der Waals surface area contributed by atoms with Crippen molar-refractivity contribution in [2.45, 2.75) is 39.0 Å². The van der Waals surface area contributed by atoms with Crippen LogP contribution in [0.5, 0.6) is 0 Å². The molecule has 166 valence electrons. The molecule has 8 heteroatoms. The van der Waals surface area contributed by atoms with Gasteiger partial charge in [-0.05, 0) is 36.1 Å². The Bertz CT molecular complexity index is 896. The molecule has 31 heavy (non-hydrogen) atoms. The van der Waals surface area contributed by atoms with Crippen molar-refractivity contribution in [2.75, 3.05) is 11.9 Å². The first-order chi connectivity index (χ1) is 15.0. The van der Waals surface area contributed by atoms with Crippen molar-refractivity contribution in [3.05, 3.63) is 54.6 Å². The van der Waals surface area contributed by atoms with E-state index in [1.54, 1.807) is 0 Å². The maximum atomic E-state index is 12.1. The molecule has 0 aliphatic rings. The van der Waals surface area contributed by atoms with Crippen LogP contribution in [0.2, 0.25) is 0 Å². The van der Waals surface area contributed by atoms with Gasteiger partial charge in [0, 0.05) is 25.1 Å². The van der Waals surface area contributed by atoms with E-state index >= 15 is 0 Å². The lowest BCUT2D eigenvalue weighted by atomic mass is 10.1. The molecule has 0 saturated carbocycles. The third-order valence-electron chi connectivity index (χ3n) is 4.13. The van der Waals surface area contributed by atoms with Gasteiger partial charge in [-0.3, -0.25) is 9.59 Å². The van der Waals surface area contributed by atoms with E-state index in [0.717, 1.165) is 36.1 Å².